The summed E-state index contributed by atoms with van der Waals surface area (Å²) in [5.41, 5.74) is 1.56. The van der Waals surface area contributed by atoms with Crippen LogP contribution < -0.4 is 10.6 Å². The standard InChI is InChI=1S/C24H14ClF3N8/c25-18-6-15(33-22(20-11-32-36-35-20)12-1-3-14(26)4-2-12)5-17-21(13(8-29)9-30-23(17)18)34-16-7-19(27)24(28)31-10-16/h1-7,9-11,22,33H,(H,30,34)(H,32,35,36)/t22-/m1/s1/i22D. The number of aromatic nitrogens is 5. The molecule has 0 spiro atoms. The summed E-state index contributed by atoms with van der Waals surface area (Å²) in [6.45, 7) is 0. The van der Waals surface area contributed by atoms with E-state index in [4.69, 9.17) is 11.6 Å². The molecule has 0 amide bonds. The summed E-state index contributed by atoms with van der Waals surface area (Å²) in [7, 11) is 0. The van der Waals surface area contributed by atoms with Crippen molar-refractivity contribution in [1.29, 1.82) is 5.26 Å². The van der Waals surface area contributed by atoms with E-state index < -0.39 is 23.6 Å². The summed E-state index contributed by atoms with van der Waals surface area (Å²) in [5, 5.41) is 26.4. The normalized spacial score (nSPS) is 13.0. The van der Waals surface area contributed by atoms with Crippen LogP contribution in [0.3, 0.4) is 0 Å². The Labute approximate surface area is 208 Å². The van der Waals surface area contributed by atoms with Crippen molar-refractivity contribution in [1.82, 2.24) is 25.4 Å². The highest BCUT2D eigenvalue weighted by Crippen LogP contribution is 2.36. The summed E-state index contributed by atoms with van der Waals surface area (Å²) in [6, 6.07) is 9.59. The molecule has 3 heterocycles. The zero-order valence-corrected chi connectivity index (χ0v) is 18.8. The number of fused-ring (bicyclic) bond motifs is 1. The van der Waals surface area contributed by atoms with E-state index in [1.807, 2.05) is 6.07 Å². The van der Waals surface area contributed by atoms with Gasteiger partial charge in [0, 0.05) is 23.3 Å². The Morgan fingerprint density at radius 1 is 1.03 bits per heavy atom. The number of halogens is 4. The average Bonchev–Trinajstić information content (AvgIpc) is 3.43. The zero-order valence-electron chi connectivity index (χ0n) is 19.0. The van der Waals surface area contributed by atoms with Gasteiger partial charge in [-0.15, -0.1) is 0 Å². The molecule has 0 unspecified atom stereocenters. The Kier molecular flexibility index (Phi) is 5.77. The van der Waals surface area contributed by atoms with E-state index in [2.05, 4.69) is 36.0 Å². The number of nitrogens with zero attached hydrogens (tertiary/aromatic N) is 5. The monoisotopic (exact) mass is 507 g/mol. The van der Waals surface area contributed by atoms with E-state index in [1.54, 1.807) is 6.07 Å². The topological polar surface area (TPSA) is 115 Å². The molecule has 178 valence electrons. The molecule has 0 aliphatic carbocycles. The maximum atomic E-state index is 13.8. The highest BCUT2D eigenvalue weighted by atomic mass is 35.5. The number of aromatic amines is 1. The number of H-pyrrole nitrogens is 1. The first-order valence-corrected chi connectivity index (χ1v) is 10.7. The van der Waals surface area contributed by atoms with Gasteiger partial charge in [-0.2, -0.15) is 25.1 Å². The van der Waals surface area contributed by atoms with Crippen molar-refractivity contribution in [3.05, 3.63) is 100 Å². The van der Waals surface area contributed by atoms with Gasteiger partial charge in [0.25, 0.3) is 0 Å². The average molecular weight is 508 g/mol. The van der Waals surface area contributed by atoms with E-state index >= 15 is 0 Å². The number of hydrogen-bond acceptors (Lipinski definition) is 7. The summed E-state index contributed by atoms with van der Waals surface area (Å²) in [4.78, 5) is 7.61. The smallest absolute Gasteiger partial charge is 0.249 e. The fourth-order valence-corrected chi connectivity index (χ4v) is 3.82. The third kappa shape index (κ3) is 4.49. The molecule has 0 saturated carbocycles. The van der Waals surface area contributed by atoms with Crippen LogP contribution in [-0.2, 0) is 0 Å². The van der Waals surface area contributed by atoms with E-state index in [1.165, 1.54) is 42.7 Å². The second-order valence-electron chi connectivity index (χ2n) is 7.50. The molecule has 5 rings (SSSR count). The second-order valence-corrected chi connectivity index (χ2v) is 7.90. The van der Waals surface area contributed by atoms with Gasteiger partial charge in [0.2, 0.25) is 5.95 Å². The fourth-order valence-electron chi connectivity index (χ4n) is 3.55. The van der Waals surface area contributed by atoms with Crippen molar-refractivity contribution in [2.24, 2.45) is 0 Å². The van der Waals surface area contributed by atoms with Crippen LogP contribution in [0, 0.1) is 28.9 Å². The van der Waals surface area contributed by atoms with Crippen LogP contribution in [-0.4, -0.2) is 25.4 Å². The Morgan fingerprint density at radius 2 is 1.83 bits per heavy atom. The van der Waals surface area contributed by atoms with Crippen molar-refractivity contribution < 1.29 is 14.5 Å². The van der Waals surface area contributed by atoms with Crippen molar-refractivity contribution in [2.45, 2.75) is 6.02 Å². The SMILES string of the molecule is [2H][C@@](Nc1cc(Cl)c2ncc(C#N)c(Nc3cnc(F)c(F)c3)c2c1)(c1ccc(F)cc1)c1cn[nH]n1. The van der Waals surface area contributed by atoms with Gasteiger partial charge in [-0.25, -0.2) is 13.8 Å². The van der Waals surface area contributed by atoms with Crippen LogP contribution in [0.5, 0.6) is 0 Å². The van der Waals surface area contributed by atoms with Gasteiger partial charge in [0.1, 0.15) is 17.6 Å². The zero-order chi connectivity index (χ0) is 26.2. The Bertz CT molecular complexity index is 1660. The highest BCUT2D eigenvalue weighted by molar-refractivity contribution is 6.36. The molecule has 2 aromatic carbocycles. The molecular formula is C24H14ClF3N8. The molecule has 36 heavy (non-hydrogen) atoms. The van der Waals surface area contributed by atoms with Crippen LogP contribution in [0.25, 0.3) is 10.9 Å². The van der Waals surface area contributed by atoms with Gasteiger partial charge >= 0.3 is 0 Å². The van der Waals surface area contributed by atoms with Crippen molar-refractivity contribution in [2.75, 3.05) is 10.6 Å². The van der Waals surface area contributed by atoms with Crippen molar-refractivity contribution in [3.63, 3.8) is 0 Å². The Balaban J connectivity index is 1.65. The molecule has 8 nitrogen and oxygen atoms in total. The van der Waals surface area contributed by atoms with Crippen LogP contribution >= 0.6 is 11.6 Å². The fraction of sp³-hybridized carbons (Fsp3) is 0.0417. The number of pyridine rings is 2. The van der Waals surface area contributed by atoms with E-state index in [0.717, 1.165) is 12.3 Å². The lowest BCUT2D eigenvalue weighted by Gasteiger charge is -2.20. The minimum atomic E-state index is -1.73. The van der Waals surface area contributed by atoms with Crippen LogP contribution in [0.1, 0.15) is 24.2 Å². The lowest BCUT2D eigenvalue weighted by molar-refractivity contribution is 0.480. The molecule has 3 aromatic heterocycles. The number of hydrogen-bond donors (Lipinski definition) is 3. The molecule has 0 aliphatic rings. The summed E-state index contributed by atoms with van der Waals surface area (Å²) >= 11 is 6.52. The Morgan fingerprint density at radius 3 is 2.53 bits per heavy atom. The number of anilines is 3. The number of benzene rings is 2. The number of rotatable bonds is 6. The van der Waals surface area contributed by atoms with E-state index in [9.17, 15) is 19.8 Å². The first-order chi connectivity index (χ1) is 17.8. The minimum Gasteiger partial charge on any atom is -0.373 e. The summed E-state index contributed by atoms with van der Waals surface area (Å²) in [6.07, 6.45) is 3.72. The first-order valence-electron chi connectivity index (χ1n) is 10.8. The number of nitriles is 1. The van der Waals surface area contributed by atoms with Crippen molar-refractivity contribution >= 4 is 39.6 Å². The third-order valence-electron chi connectivity index (χ3n) is 5.18. The van der Waals surface area contributed by atoms with Gasteiger partial charge in [-0.3, -0.25) is 4.98 Å². The molecule has 0 bridgehead atoms. The number of nitrogens with one attached hydrogen (secondary N) is 3. The van der Waals surface area contributed by atoms with E-state index in [-0.39, 0.29) is 27.7 Å². The summed E-state index contributed by atoms with van der Waals surface area (Å²) in [5.74, 6) is -2.91. The Hall–Kier alpha value is -4.69. The predicted octanol–water partition coefficient (Wildman–Crippen LogP) is 5.64. The molecule has 0 radical (unpaired) electrons. The molecule has 3 N–H and O–H groups in total. The predicted molar refractivity (Wildman–Crippen MR) is 127 cm³/mol. The summed E-state index contributed by atoms with van der Waals surface area (Å²) < 4.78 is 49.9. The van der Waals surface area contributed by atoms with Gasteiger partial charge in [0.15, 0.2) is 5.82 Å². The molecule has 0 saturated heterocycles. The maximum absolute atomic E-state index is 13.8. The van der Waals surface area contributed by atoms with Gasteiger partial charge in [0.05, 0.1) is 47.3 Å². The molecule has 0 fully saturated rings. The maximum Gasteiger partial charge on any atom is 0.249 e. The van der Waals surface area contributed by atoms with Crippen LogP contribution in [0.4, 0.5) is 30.2 Å². The van der Waals surface area contributed by atoms with Crippen LogP contribution in [0.2, 0.25) is 5.02 Å². The van der Waals surface area contributed by atoms with Gasteiger partial charge in [-0.1, -0.05) is 23.7 Å². The first kappa shape index (κ1) is 21.8. The lowest BCUT2D eigenvalue weighted by atomic mass is 10.0. The highest BCUT2D eigenvalue weighted by Gasteiger charge is 2.20. The molecular weight excluding hydrogens is 493 g/mol. The molecule has 1 atom stereocenters. The third-order valence-corrected chi connectivity index (χ3v) is 5.47. The van der Waals surface area contributed by atoms with Gasteiger partial charge < -0.3 is 10.6 Å². The second kappa shape index (κ2) is 9.52. The largest absolute Gasteiger partial charge is 0.373 e. The minimum absolute atomic E-state index is 0.0844. The van der Waals surface area contributed by atoms with E-state index in [0.29, 0.717) is 22.2 Å². The molecule has 12 heteroatoms. The van der Waals surface area contributed by atoms with Gasteiger partial charge in [-0.05, 0) is 29.8 Å². The molecule has 5 aromatic rings. The quantitative estimate of drug-likeness (QED) is 0.255. The lowest BCUT2D eigenvalue weighted by Crippen LogP contribution is -2.13. The molecule has 0 aliphatic heterocycles. The van der Waals surface area contributed by atoms with Crippen molar-refractivity contribution in [3.8, 4) is 6.07 Å². The van der Waals surface area contributed by atoms with Crippen LogP contribution in [0.15, 0.2) is 61.1 Å².